The summed E-state index contributed by atoms with van der Waals surface area (Å²) in [5, 5.41) is 18.7. The van der Waals surface area contributed by atoms with Crippen LogP contribution in [0.25, 0.3) is 11.4 Å². The fourth-order valence-electron chi connectivity index (χ4n) is 0.996. The fourth-order valence-corrected chi connectivity index (χ4v) is 0.996. The van der Waals surface area contributed by atoms with Crippen molar-refractivity contribution in [3.8, 4) is 17.5 Å². The number of anilines is 1. The molecule has 6 heteroatoms. The van der Waals surface area contributed by atoms with Crippen molar-refractivity contribution in [3.05, 3.63) is 17.9 Å². The number of H-pyrrole nitrogens is 1. The topological polar surface area (TPSA) is 105 Å². The minimum Gasteiger partial charge on any atom is -0.381 e. The van der Waals surface area contributed by atoms with Crippen molar-refractivity contribution < 1.29 is 4.52 Å². The molecule has 3 N–H and O–H groups in total. The summed E-state index contributed by atoms with van der Waals surface area (Å²) < 4.78 is 4.63. The van der Waals surface area contributed by atoms with Gasteiger partial charge in [-0.15, -0.1) is 0 Å². The Hall–Kier alpha value is -2.29. The monoisotopic (exact) mass is 175 g/mol. The summed E-state index contributed by atoms with van der Waals surface area (Å²) in [6.45, 7) is 0. The molecule has 64 valence electrons. The first-order chi connectivity index (χ1) is 6.33. The summed E-state index contributed by atoms with van der Waals surface area (Å²) in [7, 11) is 0. The van der Waals surface area contributed by atoms with Crippen LogP contribution < -0.4 is 5.73 Å². The van der Waals surface area contributed by atoms with Crippen LogP contribution in [-0.2, 0) is 0 Å². The molecule has 0 saturated heterocycles. The quantitative estimate of drug-likeness (QED) is 0.657. The van der Waals surface area contributed by atoms with Gasteiger partial charge in [0.05, 0.1) is 0 Å². The van der Waals surface area contributed by atoms with Gasteiger partial charge >= 0.3 is 0 Å². The molecule has 0 spiro atoms. The summed E-state index contributed by atoms with van der Waals surface area (Å²) in [5.41, 5.74) is 6.72. The minimum atomic E-state index is 0.167. The van der Waals surface area contributed by atoms with Gasteiger partial charge in [-0.2, -0.15) is 10.4 Å². The third kappa shape index (κ3) is 1.03. The van der Waals surface area contributed by atoms with Gasteiger partial charge in [0.15, 0.2) is 5.82 Å². The van der Waals surface area contributed by atoms with Crippen molar-refractivity contribution >= 4 is 5.82 Å². The summed E-state index contributed by atoms with van der Waals surface area (Å²) >= 11 is 0. The molecule has 0 aliphatic heterocycles. The smallest absolute Gasteiger partial charge is 0.163 e. The fraction of sp³-hybridized carbons (Fsp3) is 0. The zero-order valence-electron chi connectivity index (χ0n) is 6.48. The number of rotatable bonds is 1. The van der Waals surface area contributed by atoms with E-state index in [1.165, 1.54) is 6.26 Å². The molecule has 0 unspecified atom stereocenters. The van der Waals surface area contributed by atoms with Crippen molar-refractivity contribution in [1.29, 1.82) is 5.26 Å². The molecule has 0 radical (unpaired) electrons. The molecule has 2 aromatic rings. The molecule has 0 aliphatic carbocycles. The predicted octanol–water partition coefficient (Wildman–Crippen LogP) is 0.519. The van der Waals surface area contributed by atoms with E-state index in [1.54, 1.807) is 6.07 Å². The van der Waals surface area contributed by atoms with E-state index in [0.29, 0.717) is 11.4 Å². The van der Waals surface area contributed by atoms with Gasteiger partial charge in [-0.05, 0) is 0 Å². The molecule has 0 amide bonds. The van der Waals surface area contributed by atoms with Crippen LogP contribution in [0.1, 0.15) is 5.56 Å². The normalized spacial score (nSPS) is 9.77. The molecule has 0 fully saturated rings. The molecule has 0 bridgehead atoms. The third-order valence-electron chi connectivity index (χ3n) is 1.60. The van der Waals surface area contributed by atoms with Gasteiger partial charge in [-0.1, -0.05) is 5.16 Å². The molecule has 0 saturated carbocycles. The summed E-state index contributed by atoms with van der Waals surface area (Å²) in [6, 6.07) is 3.55. The Labute approximate surface area is 72.9 Å². The van der Waals surface area contributed by atoms with E-state index >= 15 is 0 Å². The molecule has 0 aromatic carbocycles. The second-order valence-electron chi connectivity index (χ2n) is 2.36. The van der Waals surface area contributed by atoms with Crippen LogP contribution >= 0.6 is 0 Å². The number of nitrogens with one attached hydrogen (secondary N) is 1. The second-order valence-corrected chi connectivity index (χ2v) is 2.36. The van der Waals surface area contributed by atoms with Crippen LogP contribution in [0.15, 0.2) is 16.9 Å². The van der Waals surface area contributed by atoms with Crippen molar-refractivity contribution in [3.63, 3.8) is 0 Å². The molecule has 6 nitrogen and oxygen atoms in total. The van der Waals surface area contributed by atoms with Crippen molar-refractivity contribution in [1.82, 2.24) is 15.4 Å². The number of hydrogen-bond acceptors (Lipinski definition) is 5. The van der Waals surface area contributed by atoms with E-state index in [9.17, 15) is 0 Å². The molecular weight excluding hydrogens is 170 g/mol. The standard InChI is InChI=1S/C7H5N5O/c8-3-4-6(10-11-7(4)9)5-1-2-13-12-5/h1-2H,(H3,9,10,11). The number of nitrogen functional groups attached to an aromatic ring is 1. The lowest BCUT2D eigenvalue weighted by molar-refractivity contribution is 0.422. The zero-order valence-corrected chi connectivity index (χ0v) is 6.48. The predicted molar refractivity (Wildman–Crippen MR) is 43.2 cm³/mol. The summed E-state index contributed by atoms with van der Waals surface area (Å²) in [4.78, 5) is 0. The maximum atomic E-state index is 8.74. The van der Waals surface area contributed by atoms with Crippen LogP contribution in [0.3, 0.4) is 0 Å². The van der Waals surface area contributed by atoms with E-state index in [0.717, 1.165) is 0 Å². The minimum absolute atomic E-state index is 0.167. The van der Waals surface area contributed by atoms with Crippen molar-refractivity contribution in [2.45, 2.75) is 0 Å². The first-order valence-corrected chi connectivity index (χ1v) is 3.47. The van der Waals surface area contributed by atoms with E-state index in [2.05, 4.69) is 19.9 Å². The number of nitrogens with two attached hydrogens (primary N) is 1. The van der Waals surface area contributed by atoms with Crippen LogP contribution in [0.5, 0.6) is 0 Å². The highest BCUT2D eigenvalue weighted by atomic mass is 16.5. The molecule has 2 rings (SSSR count). The van der Waals surface area contributed by atoms with Gasteiger partial charge in [0.1, 0.15) is 29.3 Å². The van der Waals surface area contributed by atoms with E-state index in [-0.39, 0.29) is 11.4 Å². The van der Waals surface area contributed by atoms with Gasteiger partial charge in [0.25, 0.3) is 0 Å². The Morgan fingerprint density at radius 2 is 2.46 bits per heavy atom. The number of aromatic nitrogens is 3. The lowest BCUT2D eigenvalue weighted by Gasteiger charge is -1.87. The van der Waals surface area contributed by atoms with Crippen molar-refractivity contribution in [2.75, 3.05) is 5.73 Å². The molecule has 2 aromatic heterocycles. The Morgan fingerprint density at radius 3 is 3.08 bits per heavy atom. The van der Waals surface area contributed by atoms with E-state index < -0.39 is 0 Å². The number of aromatic amines is 1. The molecule has 13 heavy (non-hydrogen) atoms. The lowest BCUT2D eigenvalue weighted by Crippen LogP contribution is -1.87. The Bertz CT molecular complexity index is 450. The van der Waals surface area contributed by atoms with Gasteiger partial charge < -0.3 is 10.3 Å². The Kier molecular flexibility index (Phi) is 1.49. The average molecular weight is 175 g/mol. The van der Waals surface area contributed by atoms with Crippen LogP contribution in [0.4, 0.5) is 5.82 Å². The maximum absolute atomic E-state index is 8.74. The van der Waals surface area contributed by atoms with Crippen LogP contribution in [-0.4, -0.2) is 15.4 Å². The first kappa shape index (κ1) is 7.36. The van der Waals surface area contributed by atoms with Crippen LogP contribution in [0.2, 0.25) is 0 Å². The number of nitrogens with zero attached hydrogens (tertiary/aromatic N) is 3. The highest BCUT2D eigenvalue weighted by Crippen LogP contribution is 2.22. The SMILES string of the molecule is N#Cc1c(N)n[nH]c1-c1ccon1. The first-order valence-electron chi connectivity index (χ1n) is 3.47. The molecule has 2 heterocycles. The van der Waals surface area contributed by atoms with Gasteiger partial charge in [0.2, 0.25) is 0 Å². The molecule has 0 atom stereocenters. The highest BCUT2D eigenvalue weighted by molar-refractivity contribution is 5.69. The van der Waals surface area contributed by atoms with Crippen LogP contribution in [0, 0.1) is 11.3 Å². The van der Waals surface area contributed by atoms with E-state index in [1.807, 2.05) is 6.07 Å². The van der Waals surface area contributed by atoms with Gasteiger partial charge in [0, 0.05) is 6.07 Å². The molecule has 0 aliphatic rings. The van der Waals surface area contributed by atoms with Gasteiger partial charge in [-0.3, -0.25) is 5.10 Å². The highest BCUT2D eigenvalue weighted by Gasteiger charge is 2.13. The lowest BCUT2D eigenvalue weighted by atomic mass is 10.2. The largest absolute Gasteiger partial charge is 0.381 e. The number of hydrogen-bond donors (Lipinski definition) is 2. The van der Waals surface area contributed by atoms with Gasteiger partial charge in [-0.25, -0.2) is 0 Å². The van der Waals surface area contributed by atoms with Crippen molar-refractivity contribution in [2.24, 2.45) is 0 Å². The average Bonchev–Trinajstić information content (AvgIpc) is 2.71. The Balaban J connectivity index is 2.60. The third-order valence-corrected chi connectivity index (χ3v) is 1.60. The Morgan fingerprint density at radius 1 is 1.62 bits per heavy atom. The maximum Gasteiger partial charge on any atom is 0.163 e. The number of nitriles is 1. The molecular formula is C7H5N5O. The summed E-state index contributed by atoms with van der Waals surface area (Å²) in [6.07, 6.45) is 1.41. The van der Waals surface area contributed by atoms with E-state index in [4.69, 9.17) is 11.0 Å². The zero-order chi connectivity index (χ0) is 9.26. The second kappa shape index (κ2) is 2.64. The summed E-state index contributed by atoms with van der Waals surface area (Å²) in [5.74, 6) is 0.167.